The van der Waals surface area contributed by atoms with Crippen molar-refractivity contribution in [3.05, 3.63) is 10.6 Å². The zero-order valence-electron chi connectivity index (χ0n) is 12.7. The second kappa shape index (κ2) is 5.38. The van der Waals surface area contributed by atoms with Crippen LogP contribution in [0.15, 0.2) is 0 Å². The maximum atomic E-state index is 5.98. The smallest absolute Gasteiger partial charge is 0.185 e. The lowest BCUT2D eigenvalue weighted by Gasteiger charge is -2.42. The van der Waals surface area contributed by atoms with Crippen molar-refractivity contribution in [2.24, 2.45) is 5.73 Å². The maximum absolute atomic E-state index is 5.98. The molecular weight excluding hydrogens is 256 g/mol. The van der Waals surface area contributed by atoms with Crippen molar-refractivity contribution in [3.63, 3.8) is 0 Å². The van der Waals surface area contributed by atoms with E-state index in [0.29, 0.717) is 0 Å². The fraction of sp³-hybridized carbons (Fsp3) is 0.786. The molecule has 0 amide bonds. The highest BCUT2D eigenvalue weighted by Gasteiger charge is 2.27. The zero-order chi connectivity index (χ0) is 14.2. The van der Waals surface area contributed by atoms with Crippen LogP contribution < -0.4 is 10.6 Å². The normalized spacial score (nSPS) is 19.8. The molecule has 1 saturated heterocycles. The summed E-state index contributed by atoms with van der Waals surface area (Å²) in [6.45, 7) is 15.3. The minimum Gasteiger partial charge on any atom is -0.346 e. The second-order valence-corrected chi connectivity index (χ2v) is 7.39. The fourth-order valence-corrected chi connectivity index (χ4v) is 3.59. The number of nitrogens with two attached hydrogens (primary N) is 1. The Balaban J connectivity index is 2.04. The molecule has 0 bridgehead atoms. The Labute approximate surface area is 120 Å². The van der Waals surface area contributed by atoms with E-state index in [0.717, 1.165) is 37.0 Å². The number of anilines is 1. The number of hydrogen-bond acceptors (Lipinski definition) is 5. The first kappa shape index (κ1) is 14.8. The molecule has 1 aromatic rings. The van der Waals surface area contributed by atoms with Crippen LogP contribution in [0.2, 0.25) is 0 Å². The molecule has 2 N–H and O–H groups in total. The summed E-state index contributed by atoms with van der Waals surface area (Å²) in [6, 6.07) is 0.0853. The number of thiazole rings is 1. The number of aryl methyl sites for hydroxylation is 1. The molecule has 1 aromatic heterocycles. The van der Waals surface area contributed by atoms with Crippen molar-refractivity contribution in [2.75, 3.05) is 31.1 Å². The maximum Gasteiger partial charge on any atom is 0.185 e. The Morgan fingerprint density at radius 3 is 2.21 bits per heavy atom. The average Bonchev–Trinajstić information content (AvgIpc) is 2.70. The van der Waals surface area contributed by atoms with Crippen molar-refractivity contribution in [1.82, 2.24) is 9.88 Å². The monoisotopic (exact) mass is 282 g/mol. The first-order valence-electron chi connectivity index (χ1n) is 7.02. The Morgan fingerprint density at radius 1 is 1.21 bits per heavy atom. The van der Waals surface area contributed by atoms with Gasteiger partial charge in [-0.15, -0.1) is 11.3 Å². The van der Waals surface area contributed by atoms with Crippen LogP contribution in [0.4, 0.5) is 5.13 Å². The summed E-state index contributed by atoms with van der Waals surface area (Å²) >= 11 is 1.75. The minimum absolute atomic E-state index is 0.0853. The lowest BCUT2D eigenvalue weighted by atomic mass is 10.1. The molecule has 1 aliphatic heterocycles. The highest BCUT2D eigenvalue weighted by atomic mass is 32.1. The largest absolute Gasteiger partial charge is 0.346 e. The molecule has 2 heterocycles. The first-order valence-corrected chi connectivity index (χ1v) is 7.83. The molecule has 1 fully saturated rings. The lowest BCUT2D eigenvalue weighted by Crippen LogP contribution is -2.53. The van der Waals surface area contributed by atoms with Crippen molar-refractivity contribution in [1.29, 1.82) is 0 Å². The molecule has 0 radical (unpaired) electrons. The Hall–Kier alpha value is -0.650. The molecule has 5 heteroatoms. The van der Waals surface area contributed by atoms with Crippen molar-refractivity contribution < 1.29 is 0 Å². The SMILES string of the molecule is Cc1nc(N2CCN(C(C)(C)C)CC2)sc1C(C)N. The highest BCUT2D eigenvalue weighted by molar-refractivity contribution is 7.15. The van der Waals surface area contributed by atoms with Crippen LogP contribution in [-0.4, -0.2) is 41.6 Å². The van der Waals surface area contributed by atoms with Gasteiger partial charge in [0, 0.05) is 42.6 Å². The van der Waals surface area contributed by atoms with E-state index in [4.69, 9.17) is 5.73 Å². The molecule has 0 spiro atoms. The van der Waals surface area contributed by atoms with Gasteiger partial charge < -0.3 is 10.6 Å². The van der Waals surface area contributed by atoms with Gasteiger partial charge in [0.1, 0.15) is 0 Å². The molecule has 0 saturated carbocycles. The quantitative estimate of drug-likeness (QED) is 0.904. The molecule has 2 rings (SSSR count). The van der Waals surface area contributed by atoms with Gasteiger partial charge >= 0.3 is 0 Å². The van der Waals surface area contributed by atoms with Crippen LogP contribution in [0, 0.1) is 6.92 Å². The minimum atomic E-state index is 0.0853. The molecule has 1 unspecified atom stereocenters. The van der Waals surface area contributed by atoms with Crippen LogP contribution in [0.5, 0.6) is 0 Å². The van der Waals surface area contributed by atoms with Gasteiger partial charge in [-0.05, 0) is 34.6 Å². The third-order valence-corrected chi connectivity index (χ3v) is 5.15. The number of nitrogens with zero attached hydrogens (tertiary/aromatic N) is 3. The number of rotatable bonds is 2. The molecule has 108 valence electrons. The Bertz CT molecular complexity index is 425. The topological polar surface area (TPSA) is 45.4 Å². The van der Waals surface area contributed by atoms with E-state index in [-0.39, 0.29) is 11.6 Å². The summed E-state index contributed by atoms with van der Waals surface area (Å²) in [5.74, 6) is 0. The van der Waals surface area contributed by atoms with Gasteiger partial charge in [-0.25, -0.2) is 4.98 Å². The molecule has 1 atom stereocenters. The molecule has 19 heavy (non-hydrogen) atoms. The highest BCUT2D eigenvalue weighted by Crippen LogP contribution is 2.30. The summed E-state index contributed by atoms with van der Waals surface area (Å²) in [4.78, 5) is 10.8. The molecule has 0 aromatic carbocycles. The zero-order valence-corrected chi connectivity index (χ0v) is 13.5. The standard InChI is InChI=1S/C14H26N4S/c1-10(15)12-11(2)16-13(19-12)17-6-8-18(9-7-17)14(3,4)5/h10H,6-9,15H2,1-5H3. The molecule has 0 aliphatic carbocycles. The van der Waals surface area contributed by atoms with Crippen LogP contribution >= 0.6 is 11.3 Å². The Morgan fingerprint density at radius 2 is 1.79 bits per heavy atom. The van der Waals surface area contributed by atoms with Crippen LogP contribution in [0.3, 0.4) is 0 Å². The van der Waals surface area contributed by atoms with E-state index >= 15 is 0 Å². The third-order valence-electron chi connectivity index (χ3n) is 3.73. The van der Waals surface area contributed by atoms with Crippen molar-refractivity contribution in [3.8, 4) is 0 Å². The predicted molar refractivity (Wildman–Crippen MR) is 83.0 cm³/mol. The average molecular weight is 282 g/mol. The van der Waals surface area contributed by atoms with E-state index in [1.165, 1.54) is 4.88 Å². The van der Waals surface area contributed by atoms with Gasteiger partial charge in [0.05, 0.1) is 5.69 Å². The Kier molecular flexibility index (Phi) is 4.18. The van der Waals surface area contributed by atoms with Crippen molar-refractivity contribution >= 4 is 16.5 Å². The summed E-state index contributed by atoms with van der Waals surface area (Å²) in [7, 11) is 0. The van der Waals surface area contributed by atoms with Crippen LogP contribution in [-0.2, 0) is 0 Å². The molecule has 1 aliphatic rings. The summed E-state index contributed by atoms with van der Waals surface area (Å²) in [6.07, 6.45) is 0. The van der Waals surface area contributed by atoms with Crippen molar-refractivity contribution in [2.45, 2.75) is 46.2 Å². The summed E-state index contributed by atoms with van der Waals surface area (Å²) in [5.41, 5.74) is 7.34. The van der Waals surface area contributed by atoms with E-state index in [1.54, 1.807) is 11.3 Å². The van der Waals surface area contributed by atoms with E-state index in [9.17, 15) is 0 Å². The number of hydrogen-bond donors (Lipinski definition) is 1. The van der Waals surface area contributed by atoms with Gasteiger partial charge in [-0.1, -0.05) is 0 Å². The van der Waals surface area contributed by atoms with Crippen LogP contribution in [0.25, 0.3) is 0 Å². The first-order chi connectivity index (χ1) is 8.79. The molecular formula is C14H26N4S. The summed E-state index contributed by atoms with van der Waals surface area (Å²) in [5, 5.41) is 1.14. The van der Waals surface area contributed by atoms with E-state index < -0.39 is 0 Å². The van der Waals surface area contributed by atoms with E-state index in [1.807, 2.05) is 6.92 Å². The predicted octanol–water partition coefficient (Wildman–Crippen LogP) is 2.39. The van der Waals surface area contributed by atoms with E-state index in [2.05, 4.69) is 42.5 Å². The van der Waals surface area contributed by atoms with Gasteiger partial charge in [-0.3, -0.25) is 4.90 Å². The number of piperazine rings is 1. The van der Waals surface area contributed by atoms with Gasteiger partial charge in [0.15, 0.2) is 5.13 Å². The fourth-order valence-electron chi connectivity index (χ4n) is 2.52. The molecule has 4 nitrogen and oxygen atoms in total. The van der Waals surface area contributed by atoms with Gasteiger partial charge in [0.25, 0.3) is 0 Å². The van der Waals surface area contributed by atoms with Gasteiger partial charge in [0.2, 0.25) is 0 Å². The second-order valence-electron chi connectivity index (χ2n) is 6.38. The third kappa shape index (κ3) is 3.27. The summed E-state index contributed by atoms with van der Waals surface area (Å²) < 4.78 is 0. The lowest BCUT2D eigenvalue weighted by molar-refractivity contribution is 0.128. The number of aromatic nitrogens is 1. The van der Waals surface area contributed by atoms with Crippen LogP contribution in [0.1, 0.15) is 44.3 Å². The van der Waals surface area contributed by atoms with Gasteiger partial charge in [-0.2, -0.15) is 0 Å².